The number of carbonyl (C=O) groups is 1. The Morgan fingerprint density at radius 3 is 2.46 bits per heavy atom. The highest BCUT2D eigenvalue weighted by Gasteiger charge is 2.30. The first-order chi connectivity index (χ1) is 12.2. The van der Waals surface area contributed by atoms with Gasteiger partial charge in [-0.05, 0) is 48.5 Å². The fourth-order valence-electron chi connectivity index (χ4n) is 2.26. The number of hydrogen-bond acceptors (Lipinski definition) is 2. The van der Waals surface area contributed by atoms with Crippen molar-refractivity contribution < 1.29 is 22.4 Å². The molecule has 0 unspecified atom stereocenters. The van der Waals surface area contributed by atoms with Crippen molar-refractivity contribution in [2.24, 2.45) is 0 Å². The third kappa shape index (κ3) is 4.03. The van der Waals surface area contributed by atoms with E-state index in [0.717, 1.165) is 12.1 Å². The number of halogens is 5. The van der Waals surface area contributed by atoms with Crippen LogP contribution in [0.5, 0.6) is 0 Å². The van der Waals surface area contributed by atoms with E-state index in [0.29, 0.717) is 21.4 Å². The van der Waals surface area contributed by atoms with Crippen molar-refractivity contribution in [3.8, 4) is 11.3 Å². The topological polar surface area (TPSA) is 42.2 Å². The monoisotopic (exact) mass is 399 g/mol. The van der Waals surface area contributed by atoms with Gasteiger partial charge in [0.2, 0.25) is 0 Å². The molecule has 0 atom stereocenters. The molecule has 0 spiro atoms. The lowest BCUT2D eigenvalue weighted by Crippen LogP contribution is -2.12. The van der Waals surface area contributed by atoms with Crippen molar-refractivity contribution in [2.45, 2.75) is 6.18 Å². The summed E-state index contributed by atoms with van der Waals surface area (Å²) in [6.07, 6.45) is -4.50. The number of carbonyl (C=O) groups excluding carboxylic acids is 1. The van der Waals surface area contributed by atoms with Crippen LogP contribution in [0.3, 0.4) is 0 Å². The van der Waals surface area contributed by atoms with Gasteiger partial charge < -0.3 is 9.73 Å². The zero-order valence-corrected chi connectivity index (χ0v) is 14.4. The van der Waals surface area contributed by atoms with Gasteiger partial charge in [0.15, 0.2) is 5.76 Å². The molecule has 26 heavy (non-hydrogen) atoms. The van der Waals surface area contributed by atoms with Crippen molar-refractivity contribution in [3.05, 3.63) is 76.0 Å². The fourth-order valence-corrected chi connectivity index (χ4v) is 2.76. The Labute approximate surface area is 156 Å². The van der Waals surface area contributed by atoms with E-state index in [1.165, 1.54) is 30.3 Å². The van der Waals surface area contributed by atoms with E-state index >= 15 is 0 Å². The summed E-state index contributed by atoms with van der Waals surface area (Å²) in [5.74, 6) is -0.412. The van der Waals surface area contributed by atoms with Crippen molar-refractivity contribution in [2.75, 3.05) is 5.32 Å². The maximum atomic E-state index is 12.7. The van der Waals surface area contributed by atoms with Crippen molar-refractivity contribution >= 4 is 34.8 Å². The number of hydrogen-bond donors (Lipinski definition) is 1. The van der Waals surface area contributed by atoms with Gasteiger partial charge in [0.25, 0.3) is 5.91 Å². The zero-order chi connectivity index (χ0) is 18.9. The Hall–Kier alpha value is -2.44. The van der Waals surface area contributed by atoms with E-state index in [9.17, 15) is 18.0 Å². The van der Waals surface area contributed by atoms with Crippen LogP contribution in [0, 0.1) is 0 Å². The number of rotatable bonds is 3. The second kappa shape index (κ2) is 7.05. The Morgan fingerprint density at radius 1 is 1.00 bits per heavy atom. The van der Waals surface area contributed by atoms with Crippen molar-refractivity contribution in [1.82, 2.24) is 0 Å². The summed E-state index contributed by atoms with van der Waals surface area (Å²) in [4.78, 5) is 12.2. The molecule has 1 amide bonds. The van der Waals surface area contributed by atoms with E-state index in [-0.39, 0.29) is 11.4 Å². The molecule has 0 aliphatic heterocycles. The third-order valence-electron chi connectivity index (χ3n) is 3.47. The second-order valence-corrected chi connectivity index (χ2v) is 6.16. The van der Waals surface area contributed by atoms with E-state index in [2.05, 4.69) is 5.32 Å². The molecule has 0 radical (unpaired) electrons. The van der Waals surface area contributed by atoms with Crippen LogP contribution in [0.15, 0.2) is 59.0 Å². The maximum absolute atomic E-state index is 12.7. The molecule has 1 N–H and O–H groups in total. The standard InChI is InChI=1S/C18H10Cl2F3NO2/c19-11-4-5-13(14(20)9-11)15-6-7-16(26-15)17(25)24-12-3-1-2-10(8-12)18(21,22)23/h1-9H,(H,24,25). The summed E-state index contributed by atoms with van der Waals surface area (Å²) in [6, 6.07) is 12.1. The van der Waals surface area contributed by atoms with Crippen LogP contribution in [0.25, 0.3) is 11.3 Å². The molecule has 0 aliphatic rings. The van der Waals surface area contributed by atoms with Crippen LogP contribution in [0.4, 0.5) is 18.9 Å². The quantitative estimate of drug-likeness (QED) is 0.544. The first kappa shape index (κ1) is 18.4. The largest absolute Gasteiger partial charge is 0.451 e. The molecular formula is C18H10Cl2F3NO2. The van der Waals surface area contributed by atoms with Gasteiger partial charge in [-0.1, -0.05) is 29.3 Å². The average molecular weight is 400 g/mol. The molecule has 0 saturated heterocycles. The predicted octanol–water partition coefficient (Wildman–Crippen LogP) is 6.52. The van der Waals surface area contributed by atoms with Gasteiger partial charge in [-0.3, -0.25) is 4.79 Å². The minimum absolute atomic E-state index is 0.00676. The minimum atomic E-state index is -4.50. The van der Waals surface area contributed by atoms with Crippen LogP contribution in [-0.4, -0.2) is 5.91 Å². The Morgan fingerprint density at radius 2 is 1.77 bits per heavy atom. The van der Waals surface area contributed by atoms with Gasteiger partial charge in [-0.25, -0.2) is 0 Å². The van der Waals surface area contributed by atoms with Crippen molar-refractivity contribution in [3.63, 3.8) is 0 Å². The lowest BCUT2D eigenvalue weighted by molar-refractivity contribution is -0.137. The molecule has 3 rings (SSSR count). The smallest absolute Gasteiger partial charge is 0.416 e. The summed E-state index contributed by atoms with van der Waals surface area (Å²) in [7, 11) is 0. The molecule has 2 aromatic carbocycles. The number of benzene rings is 2. The molecule has 0 saturated carbocycles. The minimum Gasteiger partial charge on any atom is -0.451 e. The molecule has 0 fully saturated rings. The summed E-state index contributed by atoms with van der Waals surface area (Å²) >= 11 is 11.9. The lowest BCUT2D eigenvalue weighted by atomic mass is 10.2. The summed E-state index contributed by atoms with van der Waals surface area (Å²) in [5.41, 5.74) is -0.315. The van der Waals surface area contributed by atoms with Gasteiger partial charge in [-0.2, -0.15) is 13.2 Å². The highest BCUT2D eigenvalue weighted by molar-refractivity contribution is 6.36. The Bertz CT molecular complexity index is 967. The average Bonchev–Trinajstić information content (AvgIpc) is 3.04. The molecule has 0 bridgehead atoms. The van der Waals surface area contributed by atoms with Crippen LogP contribution in [0.1, 0.15) is 16.1 Å². The van der Waals surface area contributed by atoms with E-state index < -0.39 is 17.6 Å². The van der Waals surface area contributed by atoms with E-state index in [1.54, 1.807) is 12.1 Å². The fraction of sp³-hybridized carbons (Fsp3) is 0.0556. The van der Waals surface area contributed by atoms with Crippen LogP contribution in [-0.2, 0) is 6.18 Å². The number of amides is 1. The number of alkyl halides is 3. The Balaban J connectivity index is 1.81. The molecule has 134 valence electrons. The number of furan rings is 1. The van der Waals surface area contributed by atoms with Crippen molar-refractivity contribution in [1.29, 1.82) is 0 Å². The normalized spacial score (nSPS) is 11.4. The zero-order valence-electron chi connectivity index (χ0n) is 12.9. The van der Waals surface area contributed by atoms with Crippen LogP contribution in [0.2, 0.25) is 10.0 Å². The van der Waals surface area contributed by atoms with Gasteiger partial charge >= 0.3 is 6.18 Å². The maximum Gasteiger partial charge on any atom is 0.416 e. The highest BCUT2D eigenvalue weighted by Crippen LogP contribution is 2.32. The highest BCUT2D eigenvalue weighted by atomic mass is 35.5. The second-order valence-electron chi connectivity index (χ2n) is 5.32. The van der Waals surface area contributed by atoms with E-state index in [4.69, 9.17) is 27.6 Å². The lowest BCUT2D eigenvalue weighted by Gasteiger charge is -2.09. The number of nitrogens with one attached hydrogen (secondary N) is 1. The summed E-state index contributed by atoms with van der Waals surface area (Å²) < 4.78 is 43.7. The molecular weight excluding hydrogens is 390 g/mol. The van der Waals surface area contributed by atoms with Gasteiger partial charge in [0.05, 0.1) is 10.6 Å². The summed E-state index contributed by atoms with van der Waals surface area (Å²) in [5, 5.41) is 3.17. The van der Waals surface area contributed by atoms with Gasteiger partial charge in [0.1, 0.15) is 5.76 Å². The molecule has 1 heterocycles. The first-order valence-corrected chi connectivity index (χ1v) is 8.03. The molecule has 8 heteroatoms. The molecule has 3 aromatic rings. The SMILES string of the molecule is O=C(Nc1cccc(C(F)(F)F)c1)c1ccc(-c2ccc(Cl)cc2Cl)o1. The molecule has 1 aromatic heterocycles. The van der Waals surface area contributed by atoms with Crippen LogP contribution < -0.4 is 5.32 Å². The third-order valence-corrected chi connectivity index (χ3v) is 4.02. The van der Waals surface area contributed by atoms with Gasteiger partial charge in [0, 0.05) is 16.3 Å². The van der Waals surface area contributed by atoms with Gasteiger partial charge in [-0.15, -0.1) is 0 Å². The first-order valence-electron chi connectivity index (χ1n) is 7.28. The molecule has 0 aliphatic carbocycles. The Kier molecular flexibility index (Phi) is 4.98. The van der Waals surface area contributed by atoms with E-state index in [1.807, 2.05) is 0 Å². The molecule has 3 nitrogen and oxygen atoms in total. The number of anilines is 1. The predicted molar refractivity (Wildman–Crippen MR) is 93.6 cm³/mol. The van der Waals surface area contributed by atoms with Crippen LogP contribution >= 0.6 is 23.2 Å². The summed E-state index contributed by atoms with van der Waals surface area (Å²) in [6.45, 7) is 0.